The number of benzene rings is 4. The second-order valence-electron chi connectivity index (χ2n) is 9.42. The number of hydrogen-bond donors (Lipinski definition) is 3. The molecule has 0 aromatic heterocycles. The van der Waals surface area contributed by atoms with Crippen molar-refractivity contribution in [2.45, 2.75) is 30.4 Å². The van der Waals surface area contributed by atoms with E-state index in [0.717, 1.165) is 21.2 Å². The summed E-state index contributed by atoms with van der Waals surface area (Å²) in [6.45, 7) is 2.07. The molecular formula is C31H31ClN4O3S. The van der Waals surface area contributed by atoms with Gasteiger partial charge < -0.3 is 20.9 Å². The van der Waals surface area contributed by atoms with Crippen molar-refractivity contribution >= 4 is 64.0 Å². The molecule has 5 rings (SSSR count). The van der Waals surface area contributed by atoms with E-state index >= 15 is 0 Å². The van der Waals surface area contributed by atoms with Crippen LogP contribution >= 0.6 is 24.2 Å². The second kappa shape index (κ2) is 13.0. The normalized spacial score (nSPS) is 15.4. The van der Waals surface area contributed by atoms with Crippen molar-refractivity contribution in [2.24, 2.45) is 0 Å². The summed E-state index contributed by atoms with van der Waals surface area (Å²) in [5, 5.41) is 11.0. The molecule has 4 aromatic carbocycles. The van der Waals surface area contributed by atoms with E-state index in [0.29, 0.717) is 29.2 Å². The molecule has 4 aromatic rings. The zero-order chi connectivity index (χ0) is 27.4. The Morgan fingerprint density at radius 3 is 2.42 bits per heavy atom. The van der Waals surface area contributed by atoms with Crippen LogP contribution in [0.1, 0.15) is 22.8 Å². The second-order valence-corrected chi connectivity index (χ2v) is 10.4. The summed E-state index contributed by atoms with van der Waals surface area (Å²) in [5.41, 5.74) is 2.86. The predicted molar refractivity (Wildman–Crippen MR) is 164 cm³/mol. The van der Waals surface area contributed by atoms with Gasteiger partial charge in [-0.25, -0.2) is 0 Å². The van der Waals surface area contributed by atoms with Crippen LogP contribution in [0.3, 0.4) is 0 Å². The number of carbonyl (C=O) groups excluding carboxylic acids is 3. The van der Waals surface area contributed by atoms with Gasteiger partial charge in [-0.05, 0) is 54.6 Å². The topological polar surface area (TPSA) is 90.5 Å². The first-order valence-electron chi connectivity index (χ1n) is 12.8. The maximum atomic E-state index is 14.0. The molecule has 0 spiro atoms. The fourth-order valence-electron chi connectivity index (χ4n) is 4.61. The molecule has 0 fully saturated rings. The lowest BCUT2D eigenvalue weighted by molar-refractivity contribution is -0.128. The monoisotopic (exact) mass is 574 g/mol. The molecule has 2 atom stereocenters. The van der Waals surface area contributed by atoms with Crippen LogP contribution in [0.25, 0.3) is 10.8 Å². The van der Waals surface area contributed by atoms with Crippen molar-refractivity contribution < 1.29 is 14.4 Å². The molecule has 0 saturated heterocycles. The molecule has 3 amide bonds. The molecule has 1 aliphatic heterocycles. The van der Waals surface area contributed by atoms with Crippen molar-refractivity contribution in [1.29, 1.82) is 0 Å². The molecular weight excluding hydrogens is 544 g/mol. The Morgan fingerprint density at radius 2 is 1.65 bits per heavy atom. The minimum atomic E-state index is -0.738. The first-order valence-corrected chi connectivity index (χ1v) is 13.8. The Labute approximate surface area is 244 Å². The van der Waals surface area contributed by atoms with Crippen molar-refractivity contribution in [3.05, 3.63) is 102 Å². The largest absolute Gasteiger partial charge is 0.342 e. The number of halogens is 1. The number of anilines is 2. The molecule has 0 bridgehead atoms. The van der Waals surface area contributed by atoms with Crippen LogP contribution in [0.15, 0.2) is 95.9 Å². The molecule has 0 aliphatic carbocycles. The highest BCUT2D eigenvalue weighted by atomic mass is 35.5. The van der Waals surface area contributed by atoms with E-state index in [1.807, 2.05) is 78.9 Å². The zero-order valence-electron chi connectivity index (χ0n) is 22.2. The van der Waals surface area contributed by atoms with E-state index < -0.39 is 12.1 Å². The highest BCUT2D eigenvalue weighted by molar-refractivity contribution is 7.99. The summed E-state index contributed by atoms with van der Waals surface area (Å²) in [6, 6.07) is 27.5. The average Bonchev–Trinajstić information content (AvgIpc) is 3.10. The fourth-order valence-corrected chi connectivity index (χ4v) is 5.77. The van der Waals surface area contributed by atoms with Crippen LogP contribution in [0.2, 0.25) is 0 Å². The lowest BCUT2D eigenvalue weighted by atomic mass is 10.0. The van der Waals surface area contributed by atoms with E-state index in [9.17, 15) is 14.4 Å². The van der Waals surface area contributed by atoms with Gasteiger partial charge in [-0.1, -0.05) is 66.7 Å². The Balaban J connectivity index is 0.00000370. The van der Waals surface area contributed by atoms with Gasteiger partial charge in [0.1, 0.15) is 6.04 Å². The maximum absolute atomic E-state index is 14.0. The number of likely N-dealkylation sites (N-methyl/N-ethyl adjacent to an activating group) is 1. The van der Waals surface area contributed by atoms with Gasteiger partial charge in [-0.3, -0.25) is 14.4 Å². The lowest BCUT2D eigenvalue weighted by Crippen LogP contribution is -2.53. The minimum absolute atomic E-state index is 0. The molecule has 206 valence electrons. The molecule has 2 unspecified atom stereocenters. The number of rotatable bonds is 7. The van der Waals surface area contributed by atoms with Crippen LogP contribution in [0.4, 0.5) is 11.4 Å². The third kappa shape index (κ3) is 6.14. The summed E-state index contributed by atoms with van der Waals surface area (Å²) >= 11 is 1.45. The van der Waals surface area contributed by atoms with Crippen molar-refractivity contribution in [3.63, 3.8) is 0 Å². The smallest absolute Gasteiger partial charge is 0.255 e. The predicted octanol–water partition coefficient (Wildman–Crippen LogP) is 5.25. The summed E-state index contributed by atoms with van der Waals surface area (Å²) in [4.78, 5) is 42.3. The first kappa shape index (κ1) is 29.1. The SMILES string of the molecule is CNC(C)C(=O)NC1CSc2c(NC(=O)c3ccccc3)cccc2N(Cc2cccc3ccccc23)C1=O.Cl. The van der Waals surface area contributed by atoms with E-state index in [-0.39, 0.29) is 30.1 Å². The summed E-state index contributed by atoms with van der Waals surface area (Å²) in [6.07, 6.45) is 0. The molecule has 1 heterocycles. The van der Waals surface area contributed by atoms with Crippen LogP contribution in [0, 0.1) is 0 Å². The van der Waals surface area contributed by atoms with Crippen LogP contribution in [0.5, 0.6) is 0 Å². The van der Waals surface area contributed by atoms with Gasteiger partial charge in [-0.15, -0.1) is 24.2 Å². The van der Waals surface area contributed by atoms with Crippen molar-refractivity contribution in [2.75, 3.05) is 23.0 Å². The first-order chi connectivity index (χ1) is 19.0. The number of hydrogen-bond acceptors (Lipinski definition) is 5. The van der Waals surface area contributed by atoms with E-state index in [2.05, 4.69) is 16.0 Å². The van der Waals surface area contributed by atoms with E-state index in [4.69, 9.17) is 0 Å². The molecule has 0 radical (unpaired) electrons. The molecule has 3 N–H and O–H groups in total. The summed E-state index contributed by atoms with van der Waals surface area (Å²) < 4.78 is 0. The number of fused-ring (bicyclic) bond motifs is 2. The Morgan fingerprint density at radius 1 is 0.950 bits per heavy atom. The lowest BCUT2D eigenvalue weighted by Gasteiger charge is -2.27. The Hall–Kier alpha value is -3.85. The van der Waals surface area contributed by atoms with Crippen LogP contribution in [-0.4, -0.2) is 42.6 Å². The Bertz CT molecular complexity index is 1530. The third-order valence-corrected chi connectivity index (χ3v) is 8.10. The highest BCUT2D eigenvalue weighted by Gasteiger charge is 2.34. The number of nitrogens with one attached hydrogen (secondary N) is 3. The van der Waals surface area contributed by atoms with E-state index in [1.54, 1.807) is 31.0 Å². The highest BCUT2D eigenvalue weighted by Crippen LogP contribution is 2.41. The molecule has 0 saturated carbocycles. The maximum Gasteiger partial charge on any atom is 0.255 e. The Kier molecular flexibility index (Phi) is 9.47. The van der Waals surface area contributed by atoms with Gasteiger partial charge >= 0.3 is 0 Å². The quantitative estimate of drug-likeness (QED) is 0.281. The van der Waals surface area contributed by atoms with Gasteiger partial charge in [-0.2, -0.15) is 0 Å². The van der Waals surface area contributed by atoms with Crippen molar-refractivity contribution in [1.82, 2.24) is 10.6 Å². The summed E-state index contributed by atoms with van der Waals surface area (Å²) in [5.74, 6) is -0.339. The van der Waals surface area contributed by atoms with Gasteiger partial charge in [0, 0.05) is 11.3 Å². The van der Waals surface area contributed by atoms with Gasteiger partial charge in [0.05, 0.1) is 28.9 Å². The molecule has 1 aliphatic rings. The van der Waals surface area contributed by atoms with Gasteiger partial charge in [0.25, 0.3) is 11.8 Å². The standard InChI is InChI=1S/C31H30N4O3S.ClH/c1-20(32-2)29(36)34-26-19-39-28-25(33-30(37)22-11-4-3-5-12-22)16-9-17-27(28)35(31(26)38)18-23-14-8-13-21-10-6-7-15-24(21)23;/h3-17,20,26,32H,18-19H2,1-2H3,(H,33,37)(H,34,36);1H. The van der Waals surface area contributed by atoms with Crippen molar-refractivity contribution in [3.8, 4) is 0 Å². The molecule has 7 nitrogen and oxygen atoms in total. The zero-order valence-corrected chi connectivity index (χ0v) is 23.9. The number of carbonyl (C=O) groups is 3. The number of thioether (sulfide) groups is 1. The van der Waals surface area contributed by atoms with Gasteiger partial charge in [0.2, 0.25) is 5.91 Å². The molecule has 9 heteroatoms. The summed E-state index contributed by atoms with van der Waals surface area (Å²) in [7, 11) is 1.71. The van der Waals surface area contributed by atoms with Crippen LogP contribution < -0.4 is 20.9 Å². The third-order valence-electron chi connectivity index (χ3n) is 6.88. The fraction of sp³-hybridized carbons (Fsp3) is 0.194. The van der Waals surface area contributed by atoms with E-state index in [1.165, 1.54) is 11.8 Å². The molecule has 40 heavy (non-hydrogen) atoms. The van der Waals surface area contributed by atoms with Gasteiger partial charge in [0.15, 0.2) is 0 Å². The average molecular weight is 575 g/mol. The number of nitrogens with zero attached hydrogens (tertiary/aromatic N) is 1. The number of amides is 3. The van der Waals surface area contributed by atoms with Crippen LogP contribution in [-0.2, 0) is 16.1 Å². The minimum Gasteiger partial charge on any atom is -0.342 e.